The molecule has 4 rings (SSSR count). The van der Waals surface area contributed by atoms with Gasteiger partial charge in [-0.15, -0.1) is 0 Å². The van der Waals surface area contributed by atoms with Crippen molar-refractivity contribution in [2.75, 3.05) is 0 Å². The van der Waals surface area contributed by atoms with Crippen LogP contribution in [-0.2, 0) is 11.8 Å². The summed E-state index contributed by atoms with van der Waals surface area (Å²) in [6.45, 7) is 2.09. The van der Waals surface area contributed by atoms with E-state index >= 15 is 0 Å². The molecule has 0 spiro atoms. The zero-order chi connectivity index (χ0) is 20.8. The number of nitro benzene ring substituents is 2. The minimum atomic E-state index is -0.493. The lowest BCUT2D eigenvalue weighted by molar-refractivity contribution is -0.385. The molecular formula is C22H17ClN2O4. The van der Waals surface area contributed by atoms with Crippen molar-refractivity contribution in [1.82, 2.24) is 0 Å². The van der Waals surface area contributed by atoms with Crippen LogP contribution < -0.4 is 0 Å². The van der Waals surface area contributed by atoms with Crippen molar-refractivity contribution in [1.29, 1.82) is 0 Å². The van der Waals surface area contributed by atoms with Crippen LogP contribution in [0.4, 0.5) is 11.4 Å². The molecular weight excluding hydrogens is 392 g/mol. The van der Waals surface area contributed by atoms with Gasteiger partial charge in [0.05, 0.1) is 9.85 Å². The Morgan fingerprint density at radius 2 is 1.48 bits per heavy atom. The van der Waals surface area contributed by atoms with Gasteiger partial charge in [0.1, 0.15) is 0 Å². The molecule has 0 saturated heterocycles. The Morgan fingerprint density at radius 1 is 0.897 bits per heavy atom. The maximum atomic E-state index is 11.2. The van der Waals surface area contributed by atoms with Gasteiger partial charge in [-0.05, 0) is 40.8 Å². The van der Waals surface area contributed by atoms with E-state index in [1.54, 1.807) is 18.2 Å². The van der Waals surface area contributed by atoms with Crippen molar-refractivity contribution in [2.45, 2.75) is 24.7 Å². The van der Waals surface area contributed by atoms with Crippen molar-refractivity contribution in [3.8, 4) is 0 Å². The quantitative estimate of drug-likeness (QED) is 0.403. The second-order valence-electron chi connectivity index (χ2n) is 7.41. The number of benzene rings is 3. The highest BCUT2D eigenvalue weighted by Gasteiger charge is 2.45. The van der Waals surface area contributed by atoms with Crippen molar-refractivity contribution in [2.24, 2.45) is 0 Å². The van der Waals surface area contributed by atoms with Crippen LogP contribution in [0.5, 0.6) is 0 Å². The Kier molecular flexibility index (Phi) is 4.59. The third-order valence-electron chi connectivity index (χ3n) is 5.93. The summed E-state index contributed by atoms with van der Waals surface area (Å²) in [5, 5.41) is 22.9. The number of nitro groups is 2. The molecule has 0 saturated carbocycles. The number of halogens is 1. The molecule has 2 unspecified atom stereocenters. The molecule has 6 nitrogen and oxygen atoms in total. The molecule has 3 aromatic carbocycles. The molecule has 0 N–H and O–H groups in total. The average molecular weight is 409 g/mol. The van der Waals surface area contributed by atoms with Gasteiger partial charge in [-0.2, -0.15) is 0 Å². The summed E-state index contributed by atoms with van der Waals surface area (Å²) in [7, 11) is 0. The zero-order valence-electron chi connectivity index (χ0n) is 15.5. The summed E-state index contributed by atoms with van der Waals surface area (Å²) in [4.78, 5) is 21.5. The Labute approximate surface area is 172 Å². The summed E-state index contributed by atoms with van der Waals surface area (Å²) in [5.41, 5.74) is 3.50. The molecule has 0 heterocycles. The Morgan fingerprint density at radius 3 is 2.07 bits per heavy atom. The van der Waals surface area contributed by atoms with Crippen molar-refractivity contribution in [3.05, 3.63) is 114 Å². The highest BCUT2D eigenvalue weighted by molar-refractivity contribution is 6.30. The van der Waals surface area contributed by atoms with E-state index in [4.69, 9.17) is 11.6 Å². The first-order valence-electron chi connectivity index (χ1n) is 9.09. The van der Waals surface area contributed by atoms with Gasteiger partial charge >= 0.3 is 0 Å². The van der Waals surface area contributed by atoms with Gasteiger partial charge in [-0.1, -0.05) is 48.9 Å². The lowest BCUT2D eigenvalue weighted by atomic mass is 9.69. The highest BCUT2D eigenvalue weighted by Crippen LogP contribution is 2.53. The van der Waals surface area contributed by atoms with Crippen LogP contribution in [0.25, 0.3) is 0 Å². The molecule has 0 aromatic heterocycles. The van der Waals surface area contributed by atoms with E-state index in [1.807, 2.05) is 30.3 Å². The van der Waals surface area contributed by atoms with Gasteiger partial charge in [0.15, 0.2) is 0 Å². The number of non-ortho nitro benzene ring substituents is 2. The summed E-state index contributed by atoms with van der Waals surface area (Å²) in [6.07, 6.45) is 0.631. The van der Waals surface area contributed by atoms with Crippen molar-refractivity contribution in [3.63, 3.8) is 0 Å². The predicted molar refractivity (Wildman–Crippen MR) is 111 cm³/mol. The monoisotopic (exact) mass is 408 g/mol. The predicted octanol–water partition coefficient (Wildman–Crippen LogP) is 5.80. The minimum absolute atomic E-state index is 0.0122. The van der Waals surface area contributed by atoms with E-state index in [1.165, 1.54) is 18.2 Å². The largest absolute Gasteiger partial charge is 0.269 e. The van der Waals surface area contributed by atoms with E-state index < -0.39 is 10.3 Å². The maximum Gasteiger partial charge on any atom is 0.269 e. The molecule has 1 aliphatic rings. The van der Waals surface area contributed by atoms with Crippen LogP contribution in [0.1, 0.15) is 35.1 Å². The van der Waals surface area contributed by atoms with Crippen molar-refractivity contribution < 1.29 is 9.85 Å². The molecule has 3 aromatic rings. The normalized spacial score (nSPS) is 20.3. The third-order valence-corrected chi connectivity index (χ3v) is 6.18. The summed E-state index contributed by atoms with van der Waals surface area (Å²) in [5.74, 6) is 0.0122. The Bertz CT molecular complexity index is 1110. The second-order valence-corrected chi connectivity index (χ2v) is 7.85. The topological polar surface area (TPSA) is 86.3 Å². The molecule has 1 aliphatic carbocycles. The lowest BCUT2D eigenvalue weighted by Crippen LogP contribution is -2.28. The molecule has 2 atom stereocenters. The number of hydrogen-bond donors (Lipinski definition) is 0. The molecule has 146 valence electrons. The fourth-order valence-corrected chi connectivity index (χ4v) is 4.54. The summed E-state index contributed by atoms with van der Waals surface area (Å²) >= 11 is 6.06. The van der Waals surface area contributed by atoms with Crippen LogP contribution in [0.3, 0.4) is 0 Å². The van der Waals surface area contributed by atoms with Gasteiger partial charge in [0.25, 0.3) is 11.4 Å². The molecule has 0 amide bonds. The van der Waals surface area contributed by atoms with Crippen LogP contribution in [0, 0.1) is 20.2 Å². The standard InChI is InChI=1S/C22H17ClN2O4/c1-22(16-4-8-18(9-5-16)24(26)27)20-11-10-19(25(28)29)12-15(20)13-21(22)14-2-6-17(23)7-3-14/h2-12,21H,13H2,1H3. The van der Waals surface area contributed by atoms with Gasteiger partial charge in [0.2, 0.25) is 0 Å². The second kappa shape index (κ2) is 6.97. The first kappa shape index (κ1) is 19.1. The van der Waals surface area contributed by atoms with Crippen LogP contribution in [0.2, 0.25) is 5.02 Å². The van der Waals surface area contributed by atoms with E-state index in [2.05, 4.69) is 6.92 Å². The van der Waals surface area contributed by atoms with E-state index in [9.17, 15) is 20.2 Å². The van der Waals surface area contributed by atoms with Gasteiger partial charge in [-0.25, -0.2) is 0 Å². The SMILES string of the molecule is CC1(c2ccc([N+](=O)[O-])cc2)c2ccc([N+](=O)[O-])cc2CC1c1ccc(Cl)cc1. The average Bonchev–Trinajstić information content (AvgIpc) is 3.02. The fourth-order valence-electron chi connectivity index (χ4n) is 4.41. The van der Waals surface area contributed by atoms with E-state index in [0.29, 0.717) is 11.4 Å². The van der Waals surface area contributed by atoms with Gasteiger partial charge in [-0.3, -0.25) is 20.2 Å². The molecule has 0 bridgehead atoms. The number of fused-ring (bicyclic) bond motifs is 1. The van der Waals surface area contributed by atoms with E-state index in [0.717, 1.165) is 22.3 Å². The number of rotatable bonds is 4. The Hall–Kier alpha value is -3.25. The minimum Gasteiger partial charge on any atom is -0.258 e. The van der Waals surface area contributed by atoms with Gasteiger partial charge in [0, 0.05) is 40.6 Å². The van der Waals surface area contributed by atoms with E-state index in [-0.39, 0.29) is 22.2 Å². The van der Waals surface area contributed by atoms with Crippen molar-refractivity contribution >= 4 is 23.0 Å². The molecule has 0 fully saturated rings. The van der Waals surface area contributed by atoms with Gasteiger partial charge < -0.3 is 0 Å². The molecule has 0 aliphatic heterocycles. The first-order valence-corrected chi connectivity index (χ1v) is 9.46. The zero-order valence-corrected chi connectivity index (χ0v) is 16.3. The summed E-state index contributed by atoms with van der Waals surface area (Å²) in [6, 6.07) is 19.1. The number of hydrogen-bond acceptors (Lipinski definition) is 4. The number of nitrogens with zero attached hydrogens (tertiary/aromatic N) is 2. The molecule has 29 heavy (non-hydrogen) atoms. The lowest BCUT2D eigenvalue weighted by Gasteiger charge is -2.34. The summed E-state index contributed by atoms with van der Waals surface area (Å²) < 4.78 is 0. The molecule has 0 radical (unpaired) electrons. The van der Waals surface area contributed by atoms with Crippen LogP contribution in [-0.4, -0.2) is 9.85 Å². The highest BCUT2D eigenvalue weighted by atomic mass is 35.5. The first-order chi connectivity index (χ1) is 13.8. The molecule has 7 heteroatoms. The van der Waals surface area contributed by atoms with Crippen LogP contribution >= 0.6 is 11.6 Å². The fraction of sp³-hybridized carbons (Fsp3) is 0.182. The maximum absolute atomic E-state index is 11.2. The van der Waals surface area contributed by atoms with Crippen LogP contribution in [0.15, 0.2) is 66.7 Å². The smallest absolute Gasteiger partial charge is 0.258 e. The third kappa shape index (κ3) is 3.15. The Balaban J connectivity index is 1.89.